The number of carbonyl (C=O) groups excluding carboxylic acids is 1. The standard InChI is InChI=1S/C14H25N3O3/c1-16(2)14(5-3-4-6-14)10-15-13(20)17-8-11(9-17)7-12(18)19/h11H,3-10H2,1-2H3,(H,15,20)(H,18,19). The number of carbonyl (C=O) groups is 2. The normalized spacial score (nSPS) is 21.9. The topological polar surface area (TPSA) is 72.9 Å². The predicted octanol–water partition coefficient (Wildman–Crippen LogP) is 0.977. The summed E-state index contributed by atoms with van der Waals surface area (Å²) < 4.78 is 0. The molecule has 0 aromatic carbocycles. The number of carboxylic acid groups (broad SMARTS) is 1. The van der Waals surface area contributed by atoms with Crippen LogP contribution in [-0.4, -0.2) is 66.2 Å². The van der Waals surface area contributed by atoms with E-state index in [1.807, 2.05) is 0 Å². The van der Waals surface area contributed by atoms with Crippen LogP contribution in [0.3, 0.4) is 0 Å². The number of amides is 2. The number of rotatable bonds is 5. The van der Waals surface area contributed by atoms with E-state index in [1.54, 1.807) is 4.90 Å². The van der Waals surface area contributed by atoms with E-state index in [-0.39, 0.29) is 23.9 Å². The summed E-state index contributed by atoms with van der Waals surface area (Å²) in [5.41, 5.74) is 0.0982. The number of aliphatic carboxylic acids is 1. The van der Waals surface area contributed by atoms with Gasteiger partial charge in [-0.15, -0.1) is 0 Å². The molecule has 2 rings (SSSR count). The smallest absolute Gasteiger partial charge is 0.317 e. The van der Waals surface area contributed by atoms with Gasteiger partial charge in [-0.05, 0) is 26.9 Å². The molecule has 1 aliphatic carbocycles. The van der Waals surface area contributed by atoms with Gasteiger partial charge in [-0.3, -0.25) is 4.79 Å². The van der Waals surface area contributed by atoms with E-state index >= 15 is 0 Å². The number of hydrogen-bond acceptors (Lipinski definition) is 3. The first-order valence-electron chi connectivity index (χ1n) is 7.35. The first kappa shape index (κ1) is 15.1. The van der Waals surface area contributed by atoms with Gasteiger partial charge in [-0.2, -0.15) is 0 Å². The van der Waals surface area contributed by atoms with Gasteiger partial charge in [0, 0.05) is 31.1 Å². The Kier molecular flexibility index (Phi) is 4.52. The zero-order chi connectivity index (χ0) is 14.8. The molecule has 2 fully saturated rings. The van der Waals surface area contributed by atoms with Gasteiger partial charge in [0.15, 0.2) is 0 Å². The van der Waals surface area contributed by atoms with Crippen molar-refractivity contribution in [2.75, 3.05) is 33.7 Å². The molecule has 1 saturated heterocycles. The number of nitrogens with zero attached hydrogens (tertiary/aromatic N) is 2. The van der Waals surface area contributed by atoms with Crippen molar-refractivity contribution in [2.24, 2.45) is 5.92 Å². The van der Waals surface area contributed by atoms with Crippen molar-refractivity contribution in [1.82, 2.24) is 15.1 Å². The minimum absolute atomic E-state index is 0.0558. The van der Waals surface area contributed by atoms with Crippen LogP contribution in [0.5, 0.6) is 0 Å². The first-order chi connectivity index (χ1) is 9.43. The summed E-state index contributed by atoms with van der Waals surface area (Å²) in [7, 11) is 4.15. The summed E-state index contributed by atoms with van der Waals surface area (Å²) in [6, 6.07) is -0.0558. The SMILES string of the molecule is CN(C)C1(CNC(=O)N2CC(CC(=O)O)C2)CCCC1. The highest BCUT2D eigenvalue weighted by molar-refractivity contribution is 5.75. The highest BCUT2D eigenvalue weighted by Crippen LogP contribution is 2.33. The lowest BCUT2D eigenvalue weighted by Crippen LogP contribution is -2.58. The Balaban J connectivity index is 1.74. The number of carboxylic acids is 1. The number of urea groups is 1. The van der Waals surface area contributed by atoms with Crippen molar-refractivity contribution in [3.05, 3.63) is 0 Å². The van der Waals surface area contributed by atoms with E-state index in [4.69, 9.17) is 5.11 Å². The highest BCUT2D eigenvalue weighted by Gasteiger charge is 2.38. The van der Waals surface area contributed by atoms with Crippen LogP contribution in [0.25, 0.3) is 0 Å². The molecule has 0 atom stereocenters. The molecule has 0 aromatic heterocycles. The molecule has 0 unspecified atom stereocenters. The van der Waals surface area contributed by atoms with E-state index in [1.165, 1.54) is 12.8 Å². The lowest BCUT2D eigenvalue weighted by atomic mass is 9.95. The molecule has 6 nitrogen and oxygen atoms in total. The van der Waals surface area contributed by atoms with Gasteiger partial charge >= 0.3 is 12.0 Å². The third kappa shape index (κ3) is 3.23. The molecule has 1 aliphatic heterocycles. The van der Waals surface area contributed by atoms with Crippen LogP contribution in [0.4, 0.5) is 4.79 Å². The zero-order valence-electron chi connectivity index (χ0n) is 12.4. The van der Waals surface area contributed by atoms with Crippen LogP contribution in [0.2, 0.25) is 0 Å². The van der Waals surface area contributed by atoms with Crippen molar-refractivity contribution in [2.45, 2.75) is 37.6 Å². The third-order valence-electron chi connectivity index (χ3n) is 4.76. The van der Waals surface area contributed by atoms with Gasteiger partial charge in [0.2, 0.25) is 0 Å². The van der Waals surface area contributed by atoms with Gasteiger partial charge in [-0.25, -0.2) is 4.79 Å². The van der Waals surface area contributed by atoms with Crippen LogP contribution in [-0.2, 0) is 4.79 Å². The zero-order valence-corrected chi connectivity index (χ0v) is 12.4. The van der Waals surface area contributed by atoms with Gasteiger partial charge < -0.3 is 20.2 Å². The van der Waals surface area contributed by atoms with Crippen LogP contribution in [0.15, 0.2) is 0 Å². The molecular weight excluding hydrogens is 258 g/mol. The largest absolute Gasteiger partial charge is 0.481 e. The van der Waals surface area contributed by atoms with Crippen molar-refractivity contribution in [3.63, 3.8) is 0 Å². The van der Waals surface area contributed by atoms with Crippen LogP contribution >= 0.6 is 0 Å². The second-order valence-corrected chi connectivity index (χ2v) is 6.35. The summed E-state index contributed by atoms with van der Waals surface area (Å²) in [6.45, 7) is 1.80. The Labute approximate surface area is 120 Å². The fourth-order valence-electron chi connectivity index (χ4n) is 3.28. The fourth-order valence-corrected chi connectivity index (χ4v) is 3.28. The summed E-state index contributed by atoms with van der Waals surface area (Å²) in [4.78, 5) is 26.5. The van der Waals surface area contributed by atoms with Crippen molar-refractivity contribution in [3.8, 4) is 0 Å². The molecule has 0 spiro atoms. The number of likely N-dealkylation sites (tertiary alicyclic amines) is 1. The molecule has 0 bridgehead atoms. The Morgan fingerprint density at radius 3 is 2.40 bits per heavy atom. The molecule has 0 aromatic rings. The molecule has 2 aliphatic rings. The Hall–Kier alpha value is -1.30. The molecule has 2 amide bonds. The predicted molar refractivity (Wildman–Crippen MR) is 75.6 cm³/mol. The Morgan fingerprint density at radius 1 is 1.30 bits per heavy atom. The fraction of sp³-hybridized carbons (Fsp3) is 0.857. The summed E-state index contributed by atoms with van der Waals surface area (Å²) >= 11 is 0. The second-order valence-electron chi connectivity index (χ2n) is 6.35. The van der Waals surface area contributed by atoms with E-state index in [9.17, 15) is 9.59 Å². The first-order valence-corrected chi connectivity index (χ1v) is 7.35. The van der Waals surface area contributed by atoms with Crippen molar-refractivity contribution >= 4 is 12.0 Å². The minimum Gasteiger partial charge on any atom is -0.481 e. The molecule has 2 N–H and O–H groups in total. The lowest BCUT2D eigenvalue weighted by molar-refractivity contribution is -0.139. The number of likely N-dealkylation sites (N-methyl/N-ethyl adjacent to an activating group) is 1. The molecular formula is C14H25N3O3. The maximum atomic E-state index is 12.0. The van der Waals surface area contributed by atoms with Crippen LogP contribution in [0, 0.1) is 5.92 Å². The summed E-state index contributed by atoms with van der Waals surface area (Å²) in [6.07, 6.45) is 4.85. The molecule has 20 heavy (non-hydrogen) atoms. The maximum absolute atomic E-state index is 12.0. The quantitative estimate of drug-likeness (QED) is 0.789. The molecule has 6 heteroatoms. The van der Waals surface area contributed by atoms with Gasteiger partial charge in [0.25, 0.3) is 0 Å². The Morgan fingerprint density at radius 2 is 1.90 bits per heavy atom. The monoisotopic (exact) mass is 283 g/mol. The molecule has 1 heterocycles. The number of nitrogens with one attached hydrogen (secondary N) is 1. The van der Waals surface area contributed by atoms with E-state index < -0.39 is 5.97 Å². The van der Waals surface area contributed by atoms with Gasteiger partial charge in [0.05, 0.1) is 6.42 Å². The van der Waals surface area contributed by atoms with Crippen molar-refractivity contribution in [1.29, 1.82) is 0 Å². The average molecular weight is 283 g/mol. The highest BCUT2D eigenvalue weighted by atomic mass is 16.4. The number of hydrogen-bond donors (Lipinski definition) is 2. The summed E-state index contributed by atoms with van der Waals surface area (Å²) in [5.74, 6) is -0.667. The minimum atomic E-state index is -0.785. The van der Waals surface area contributed by atoms with E-state index in [2.05, 4.69) is 24.3 Å². The van der Waals surface area contributed by atoms with Gasteiger partial charge in [-0.1, -0.05) is 12.8 Å². The van der Waals surface area contributed by atoms with Crippen molar-refractivity contribution < 1.29 is 14.7 Å². The third-order valence-corrected chi connectivity index (χ3v) is 4.76. The van der Waals surface area contributed by atoms with E-state index in [0.717, 1.165) is 12.8 Å². The van der Waals surface area contributed by atoms with Crippen LogP contribution in [0.1, 0.15) is 32.1 Å². The van der Waals surface area contributed by atoms with E-state index in [0.29, 0.717) is 19.6 Å². The Bertz CT molecular complexity index is 372. The lowest BCUT2D eigenvalue weighted by Gasteiger charge is -2.41. The maximum Gasteiger partial charge on any atom is 0.317 e. The molecule has 0 radical (unpaired) electrons. The second kappa shape index (κ2) is 5.99. The van der Waals surface area contributed by atoms with Crippen LogP contribution < -0.4 is 5.32 Å². The van der Waals surface area contributed by atoms with Gasteiger partial charge in [0.1, 0.15) is 0 Å². The average Bonchev–Trinajstić information content (AvgIpc) is 2.80. The summed E-state index contributed by atoms with van der Waals surface area (Å²) in [5, 5.41) is 11.7. The molecule has 114 valence electrons. The molecule has 1 saturated carbocycles.